The highest BCUT2D eigenvalue weighted by Crippen LogP contribution is 2.26. The predicted octanol–water partition coefficient (Wildman–Crippen LogP) is 5.41. The van der Waals surface area contributed by atoms with Gasteiger partial charge in [-0.3, -0.25) is 0 Å². The van der Waals surface area contributed by atoms with Crippen LogP contribution >= 0.6 is 0 Å². The van der Waals surface area contributed by atoms with Crippen LogP contribution in [0.25, 0.3) is 0 Å². The van der Waals surface area contributed by atoms with Gasteiger partial charge in [-0.25, -0.2) is 0 Å². The van der Waals surface area contributed by atoms with Gasteiger partial charge in [0.15, 0.2) is 33.3 Å². The van der Waals surface area contributed by atoms with Crippen LogP contribution in [0.2, 0.25) is 98.2 Å². The first-order chi connectivity index (χ1) is 11.9. The Balaban J connectivity index is 5.53. The number of rotatable bonds is 12. The third kappa shape index (κ3) is 15.1. The minimum Gasteiger partial charge on any atom is -0.417 e. The van der Waals surface area contributed by atoms with Gasteiger partial charge in [0.05, 0.1) is 0 Å². The molecule has 0 N–H and O–H groups in total. The summed E-state index contributed by atoms with van der Waals surface area (Å²) in [6, 6.07) is 0. The fraction of sp³-hybridized carbons (Fsp3) is 1.00. The molecule has 0 rings (SSSR count). The summed E-state index contributed by atoms with van der Waals surface area (Å²) in [6.07, 6.45) is 0. The maximum absolute atomic E-state index is 6.50. The highest BCUT2D eigenvalue weighted by Gasteiger charge is 2.48. The fourth-order valence-corrected chi connectivity index (χ4v) is 29.8. The summed E-state index contributed by atoms with van der Waals surface area (Å²) in [6.45, 7) is 32.1. The molecule has 6 nitrogen and oxygen atoms in total. The Morgan fingerprint density at radius 3 is 0.714 bits per heavy atom. The van der Waals surface area contributed by atoms with Gasteiger partial charge in [0.1, 0.15) is 0 Å². The van der Waals surface area contributed by atoms with E-state index in [-0.39, 0.29) is 0 Å². The van der Waals surface area contributed by atoms with E-state index in [0.717, 1.165) is 0 Å². The minimum absolute atomic E-state index is 1.83. The molecule has 0 aliphatic rings. The van der Waals surface area contributed by atoms with E-state index in [9.17, 15) is 0 Å². The Bertz CT molecular complexity index is 417. The second-order valence-corrected chi connectivity index (χ2v) is 38.0. The molecule has 0 aromatic heterocycles. The molecule has 0 amide bonds. The molecule has 13 heteroatoms. The minimum atomic E-state index is -2.81. The van der Waals surface area contributed by atoms with E-state index in [0.29, 0.717) is 0 Å². The van der Waals surface area contributed by atoms with Gasteiger partial charge in [0.25, 0.3) is 0 Å². The van der Waals surface area contributed by atoms with Crippen LogP contribution in [0.3, 0.4) is 0 Å². The quantitative estimate of drug-likeness (QED) is 0.322. The zero-order valence-corrected chi connectivity index (χ0v) is 28.2. The molecular weight excluding hydrogens is 473 g/mol. The van der Waals surface area contributed by atoms with Gasteiger partial charge in [-0.05, 0) is 85.1 Å². The summed E-state index contributed by atoms with van der Waals surface area (Å²) in [4.78, 5) is 0. The van der Waals surface area contributed by atoms with Gasteiger partial charge in [-0.15, -0.1) is 0 Å². The summed E-state index contributed by atoms with van der Waals surface area (Å²) >= 11 is 0. The third-order valence-electron chi connectivity index (χ3n) is 2.73. The third-order valence-corrected chi connectivity index (χ3v) is 24.5. The van der Waals surface area contributed by atoms with Gasteiger partial charge < -0.3 is 24.7 Å². The van der Waals surface area contributed by atoms with Crippen LogP contribution in [0.4, 0.5) is 0 Å². The van der Waals surface area contributed by atoms with Crippen molar-refractivity contribution in [2.24, 2.45) is 0 Å². The Labute approximate surface area is 182 Å². The second kappa shape index (κ2) is 9.82. The number of hydrogen-bond donors (Lipinski definition) is 0. The molecule has 0 spiro atoms. The molecule has 0 saturated heterocycles. The maximum Gasteiger partial charge on any atom is 0.467 e. The first-order valence-electron chi connectivity index (χ1n) is 10.1. The lowest BCUT2D eigenvalue weighted by Gasteiger charge is -2.41. The van der Waals surface area contributed by atoms with Crippen LogP contribution in [0.5, 0.6) is 0 Å². The monoisotopic (exact) mass is 518 g/mol. The van der Waals surface area contributed by atoms with Gasteiger partial charge in [-0.2, -0.15) is 0 Å². The lowest BCUT2D eigenvalue weighted by atomic mass is 11.8. The molecule has 0 bridgehead atoms. The van der Waals surface area contributed by atoms with Crippen LogP contribution < -0.4 is 0 Å². The predicted molar refractivity (Wildman–Crippen MR) is 136 cm³/mol. The molecule has 0 atom stereocenters. The topological polar surface area (TPSA) is 55.4 Å². The van der Waals surface area contributed by atoms with Crippen LogP contribution in [0.1, 0.15) is 0 Å². The van der Waals surface area contributed by atoms with Crippen molar-refractivity contribution in [3.63, 3.8) is 0 Å². The van der Waals surface area contributed by atoms with E-state index >= 15 is 0 Å². The standard InChI is InChI=1S/C15H46O6Si7/c1-22(16-27(14,18-23(2,3)4)19-24(5,6)7)17-28(15,20-25(8,9)10)21-26(11,12)13/h22H,1-15H3. The smallest absolute Gasteiger partial charge is 0.417 e. The van der Waals surface area contributed by atoms with Crippen LogP contribution in [0, 0.1) is 0 Å². The van der Waals surface area contributed by atoms with Crippen molar-refractivity contribution in [3.8, 4) is 0 Å². The Hall–Kier alpha value is 1.28. The van der Waals surface area contributed by atoms with Crippen molar-refractivity contribution in [2.45, 2.75) is 98.2 Å². The van der Waals surface area contributed by atoms with Crippen molar-refractivity contribution in [1.29, 1.82) is 0 Å². The normalized spacial score (nSPS) is 15.4. The molecule has 28 heavy (non-hydrogen) atoms. The largest absolute Gasteiger partial charge is 0.467 e. The Morgan fingerprint density at radius 1 is 0.393 bits per heavy atom. The van der Waals surface area contributed by atoms with Crippen LogP contribution in [-0.4, -0.2) is 60.2 Å². The maximum atomic E-state index is 6.50. The van der Waals surface area contributed by atoms with Gasteiger partial charge in [-0.1, -0.05) is 0 Å². The summed E-state index contributed by atoms with van der Waals surface area (Å²) < 4.78 is 38.9. The van der Waals surface area contributed by atoms with Crippen molar-refractivity contribution in [1.82, 2.24) is 0 Å². The highest BCUT2D eigenvalue weighted by atomic mass is 28.5. The first kappa shape index (κ1) is 29.3. The van der Waals surface area contributed by atoms with Crippen LogP contribution in [-0.2, 0) is 24.7 Å². The molecule has 0 heterocycles. The molecule has 0 aromatic rings. The molecule has 0 radical (unpaired) electrons. The van der Waals surface area contributed by atoms with Crippen LogP contribution in [0.15, 0.2) is 0 Å². The zero-order chi connectivity index (χ0) is 22.8. The van der Waals surface area contributed by atoms with E-state index in [2.05, 4.69) is 78.6 Å². The second-order valence-electron chi connectivity index (χ2n) is 11.4. The molecule has 0 aliphatic carbocycles. The summed E-state index contributed by atoms with van der Waals surface area (Å²) in [5.41, 5.74) is 0. The van der Waals surface area contributed by atoms with Gasteiger partial charge in [0, 0.05) is 13.1 Å². The van der Waals surface area contributed by atoms with Gasteiger partial charge >= 0.3 is 26.9 Å². The lowest BCUT2D eigenvalue weighted by molar-refractivity contribution is 0.212. The molecular formula is C15H46O6Si7. The average molecular weight is 519 g/mol. The molecule has 170 valence electrons. The number of hydrogen-bond acceptors (Lipinski definition) is 6. The molecule has 0 aromatic carbocycles. The summed E-state index contributed by atoms with van der Waals surface area (Å²) in [7, 11) is -15.0. The Kier molecular flexibility index (Phi) is 10.3. The van der Waals surface area contributed by atoms with Crippen molar-refractivity contribution >= 4 is 60.2 Å². The van der Waals surface area contributed by atoms with E-state index in [1.807, 2.05) is 19.6 Å². The molecule has 0 aliphatic heterocycles. The van der Waals surface area contributed by atoms with Gasteiger partial charge in [0.2, 0.25) is 0 Å². The summed E-state index contributed by atoms with van der Waals surface area (Å²) in [5, 5.41) is 0. The van der Waals surface area contributed by atoms with Crippen molar-refractivity contribution < 1.29 is 24.7 Å². The van der Waals surface area contributed by atoms with E-state index in [1.54, 1.807) is 0 Å². The summed E-state index contributed by atoms with van der Waals surface area (Å²) in [5.74, 6) is 0. The lowest BCUT2D eigenvalue weighted by Crippen LogP contribution is -2.60. The van der Waals surface area contributed by atoms with E-state index in [4.69, 9.17) is 24.7 Å². The van der Waals surface area contributed by atoms with E-state index < -0.39 is 60.2 Å². The first-order valence-corrected chi connectivity index (χ1v) is 30.3. The van der Waals surface area contributed by atoms with E-state index in [1.165, 1.54) is 0 Å². The Morgan fingerprint density at radius 2 is 0.571 bits per heavy atom. The average Bonchev–Trinajstić information content (AvgIpc) is 2.12. The molecule has 0 fully saturated rings. The fourth-order valence-electron chi connectivity index (χ4n) is 2.99. The zero-order valence-electron chi connectivity index (χ0n) is 21.0. The van der Waals surface area contributed by atoms with Crippen molar-refractivity contribution in [2.75, 3.05) is 0 Å². The molecule has 0 saturated carbocycles. The SMILES string of the molecule is C[SiH](O[Si](C)(O[Si](C)(C)C)O[Si](C)(C)C)O[Si](C)(O[Si](C)(C)C)O[Si](C)(C)C. The molecule has 0 unspecified atom stereocenters. The highest BCUT2D eigenvalue weighted by molar-refractivity contribution is 6.89. The van der Waals surface area contributed by atoms with Crippen molar-refractivity contribution in [3.05, 3.63) is 0 Å².